The zero-order valence-corrected chi connectivity index (χ0v) is 19.1. The van der Waals surface area contributed by atoms with Gasteiger partial charge in [0.2, 0.25) is 5.91 Å². The van der Waals surface area contributed by atoms with Gasteiger partial charge < -0.3 is 9.64 Å². The number of halogens is 2. The average Bonchev–Trinajstić information content (AvgIpc) is 2.63. The molecule has 0 aromatic heterocycles. The van der Waals surface area contributed by atoms with Crippen molar-refractivity contribution in [1.29, 1.82) is 0 Å². The van der Waals surface area contributed by atoms with E-state index in [4.69, 9.17) is 27.9 Å². The molecular formula is C24H25Cl2NO3. The van der Waals surface area contributed by atoms with Gasteiger partial charge in [0.1, 0.15) is 5.60 Å². The van der Waals surface area contributed by atoms with Gasteiger partial charge in [-0.3, -0.25) is 4.79 Å². The van der Waals surface area contributed by atoms with Crippen molar-refractivity contribution in [2.45, 2.75) is 52.2 Å². The maximum Gasteiger partial charge on any atom is 0.336 e. The van der Waals surface area contributed by atoms with Crippen molar-refractivity contribution >= 4 is 35.1 Å². The van der Waals surface area contributed by atoms with Crippen LogP contribution in [0.1, 0.15) is 51.2 Å². The number of ether oxygens (including phenoxy) is 1. The fraction of sp³-hybridized carbons (Fsp3) is 0.333. The fourth-order valence-corrected chi connectivity index (χ4v) is 4.04. The topological polar surface area (TPSA) is 46.6 Å². The van der Waals surface area contributed by atoms with E-state index in [2.05, 4.69) is 0 Å². The van der Waals surface area contributed by atoms with E-state index >= 15 is 0 Å². The van der Waals surface area contributed by atoms with E-state index in [-0.39, 0.29) is 12.3 Å². The van der Waals surface area contributed by atoms with E-state index in [0.717, 1.165) is 11.1 Å². The summed E-state index contributed by atoms with van der Waals surface area (Å²) in [4.78, 5) is 27.9. The predicted molar refractivity (Wildman–Crippen MR) is 119 cm³/mol. The zero-order valence-electron chi connectivity index (χ0n) is 17.5. The van der Waals surface area contributed by atoms with E-state index in [0.29, 0.717) is 27.9 Å². The molecule has 1 heterocycles. The van der Waals surface area contributed by atoms with Crippen LogP contribution in [0.5, 0.6) is 0 Å². The highest BCUT2D eigenvalue weighted by molar-refractivity contribution is 6.30. The molecule has 4 nitrogen and oxygen atoms in total. The molecule has 2 aromatic carbocycles. The monoisotopic (exact) mass is 445 g/mol. The first kappa shape index (κ1) is 22.4. The number of carbonyl (C=O) groups is 2. The van der Waals surface area contributed by atoms with Gasteiger partial charge in [-0.05, 0) is 63.1 Å². The van der Waals surface area contributed by atoms with Crippen molar-refractivity contribution < 1.29 is 14.3 Å². The average molecular weight is 446 g/mol. The molecule has 1 amide bonds. The van der Waals surface area contributed by atoms with Crippen LogP contribution in [-0.2, 0) is 20.9 Å². The number of allylic oxidation sites excluding steroid dienone is 1. The Morgan fingerprint density at radius 2 is 1.73 bits per heavy atom. The van der Waals surface area contributed by atoms with Crippen LogP contribution in [0.3, 0.4) is 0 Å². The van der Waals surface area contributed by atoms with Gasteiger partial charge in [0.25, 0.3) is 0 Å². The maximum absolute atomic E-state index is 13.2. The van der Waals surface area contributed by atoms with Crippen molar-refractivity contribution in [3.8, 4) is 0 Å². The number of carbonyl (C=O) groups excluding carboxylic acids is 2. The van der Waals surface area contributed by atoms with E-state index in [9.17, 15) is 9.59 Å². The first-order valence-electron chi connectivity index (χ1n) is 9.79. The summed E-state index contributed by atoms with van der Waals surface area (Å²) in [6.07, 6.45) is 0.160. The van der Waals surface area contributed by atoms with Crippen molar-refractivity contribution in [2.24, 2.45) is 0 Å². The number of esters is 1. The second-order valence-corrected chi connectivity index (χ2v) is 9.30. The molecule has 0 saturated carbocycles. The summed E-state index contributed by atoms with van der Waals surface area (Å²) in [5.41, 5.74) is 2.13. The van der Waals surface area contributed by atoms with E-state index in [1.54, 1.807) is 30.0 Å². The highest BCUT2D eigenvalue weighted by atomic mass is 35.5. The molecule has 0 bridgehead atoms. The molecule has 1 aliphatic rings. The molecule has 0 saturated heterocycles. The molecule has 0 unspecified atom stereocenters. The van der Waals surface area contributed by atoms with Gasteiger partial charge >= 0.3 is 5.97 Å². The SMILES string of the molecule is CC1=C(C(=O)OC(C)(C)C)[C@H](c2cccc(Cl)c2)CC(=O)N1Cc1cccc(Cl)c1. The van der Waals surface area contributed by atoms with Gasteiger partial charge in [-0.2, -0.15) is 0 Å². The summed E-state index contributed by atoms with van der Waals surface area (Å²) in [5, 5.41) is 1.16. The predicted octanol–water partition coefficient (Wildman–Crippen LogP) is 6.13. The van der Waals surface area contributed by atoms with Crippen LogP contribution in [-0.4, -0.2) is 22.4 Å². The molecule has 30 heavy (non-hydrogen) atoms. The summed E-state index contributed by atoms with van der Waals surface area (Å²) in [7, 11) is 0. The van der Waals surface area contributed by atoms with Crippen LogP contribution in [0, 0.1) is 0 Å². The van der Waals surface area contributed by atoms with Crippen LogP contribution in [0.2, 0.25) is 10.0 Å². The number of nitrogens with zero attached hydrogens (tertiary/aromatic N) is 1. The molecule has 158 valence electrons. The summed E-state index contributed by atoms with van der Waals surface area (Å²) < 4.78 is 5.69. The maximum atomic E-state index is 13.2. The van der Waals surface area contributed by atoms with Crippen LogP contribution in [0.4, 0.5) is 0 Å². The summed E-state index contributed by atoms with van der Waals surface area (Å²) in [6.45, 7) is 7.60. The molecule has 0 radical (unpaired) electrons. The molecule has 0 aliphatic carbocycles. The highest BCUT2D eigenvalue weighted by Crippen LogP contribution is 2.39. The molecule has 1 atom stereocenters. The van der Waals surface area contributed by atoms with Gasteiger partial charge in [-0.15, -0.1) is 0 Å². The van der Waals surface area contributed by atoms with Crippen molar-refractivity contribution in [2.75, 3.05) is 0 Å². The first-order chi connectivity index (χ1) is 14.0. The Morgan fingerprint density at radius 3 is 2.33 bits per heavy atom. The Hall–Kier alpha value is -2.30. The first-order valence-corrected chi connectivity index (χ1v) is 10.5. The second kappa shape index (κ2) is 8.83. The Balaban J connectivity index is 2.06. The second-order valence-electron chi connectivity index (χ2n) is 8.42. The van der Waals surface area contributed by atoms with Gasteiger partial charge in [-0.1, -0.05) is 47.5 Å². The van der Waals surface area contributed by atoms with Crippen LogP contribution in [0.25, 0.3) is 0 Å². The molecular weight excluding hydrogens is 421 g/mol. The number of amides is 1. The summed E-state index contributed by atoms with van der Waals surface area (Å²) >= 11 is 12.3. The number of rotatable bonds is 4. The summed E-state index contributed by atoms with van der Waals surface area (Å²) in [6, 6.07) is 14.6. The Morgan fingerprint density at radius 1 is 1.10 bits per heavy atom. The number of hydrogen-bond donors (Lipinski definition) is 0. The summed E-state index contributed by atoms with van der Waals surface area (Å²) in [5.74, 6) is -0.903. The van der Waals surface area contributed by atoms with Gasteiger partial charge in [0, 0.05) is 28.1 Å². The molecule has 0 spiro atoms. The molecule has 0 N–H and O–H groups in total. The van der Waals surface area contributed by atoms with E-state index < -0.39 is 17.5 Å². The Bertz CT molecular complexity index is 1010. The lowest BCUT2D eigenvalue weighted by Gasteiger charge is -2.35. The molecule has 6 heteroatoms. The minimum Gasteiger partial charge on any atom is -0.457 e. The van der Waals surface area contributed by atoms with Crippen LogP contribution < -0.4 is 0 Å². The normalized spacial score (nSPS) is 17.3. The standard InChI is InChI=1S/C24H25Cl2NO3/c1-15-22(23(29)30-24(2,3)4)20(17-8-6-10-19(26)12-17)13-21(28)27(15)14-16-7-5-9-18(25)11-16/h5-12,20H,13-14H2,1-4H3/t20-/m0/s1. The van der Waals surface area contributed by atoms with E-state index in [1.807, 2.05) is 51.1 Å². The van der Waals surface area contributed by atoms with Crippen molar-refractivity contribution in [3.63, 3.8) is 0 Å². The van der Waals surface area contributed by atoms with Gasteiger partial charge in [0.15, 0.2) is 0 Å². The van der Waals surface area contributed by atoms with Crippen molar-refractivity contribution in [3.05, 3.63) is 81.0 Å². The van der Waals surface area contributed by atoms with Crippen molar-refractivity contribution in [1.82, 2.24) is 4.90 Å². The van der Waals surface area contributed by atoms with Gasteiger partial charge in [-0.25, -0.2) is 4.79 Å². The zero-order chi connectivity index (χ0) is 22.1. The largest absolute Gasteiger partial charge is 0.457 e. The molecule has 1 aliphatic heterocycles. The number of benzene rings is 2. The molecule has 0 fully saturated rings. The lowest BCUT2D eigenvalue weighted by atomic mass is 9.83. The number of hydrogen-bond acceptors (Lipinski definition) is 3. The minimum absolute atomic E-state index is 0.0650. The minimum atomic E-state index is -0.650. The lowest BCUT2D eigenvalue weighted by molar-refractivity contribution is -0.150. The quantitative estimate of drug-likeness (QED) is 0.531. The molecule has 3 rings (SSSR count). The smallest absolute Gasteiger partial charge is 0.336 e. The Labute approximate surface area is 187 Å². The van der Waals surface area contributed by atoms with E-state index in [1.165, 1.54) is 0 Å². The van der Waals surface area contributed by atoms with Crippen LogP contribution >= 0.6 is 23.2 Å². The third-order valence-electron chi connectivity index (χ3n) is 4.92. The third kappa shape index (κ3) is 5.24. The van der Waals surface area contributed by atoms with Crippen LogP contribution in [0.15, 0.2) is 59.8 Å². The molecule has 2 aromatic rings. The fourth-order valence-electron chi connectivity index (χ4n) is 3.63. The lowest BCUT2D eigenvalue weighted by Crippen LogP contribution is -2.39. The Kier molecular flexibility index (Phi) is 6.59. The van der Waals surface area contributed by atoms with Gasteiger partial charge in [0.05, 0.1) is 12.1 Å². The third-order valence-corrected chi connectivity index (χ3v) is 5.39. The highest BCUT2D eigenvalue weighted by Gasteiger charge is 2.38.